The summed E-state index contributed by atoms with van der Waals surface area (Å²) in [5.41, 5.74) is 0. The van der Waals surface area contributed by atoms with Crippen molar-refractivity contribution in [3.05, 3.63) is 24.2 Å². The van der Waals surface area contributed by atoms with E-state index in [2.05, 4.69) is 5.32 Å². The molecule has 1 heterocycles. The van der Waals surface area contributed by atoms with Gasteiger partial charge < -0.3 is 14.8 Å². The molecule has 0 aromatic carbocycles. The van der Waals surface area contributed by atoms with Crippen LogP contribution in [0.4, 0.5) is 0 Å². The fourth-order valence-electron chi connectivity index (χ4n) is 1.65. The van der Waals surface area contributed by atoms with E-state index in [1.54, 1.807) is 12.3 Å². The number of amides is 1. The molecule has 0 spiro atoms. The topological polar surface area (TPSA) is 65.7 Å². The van der Waals surface area contributed by atoms with Gasteiger partial charge >= 0.3 is 0 Å². The van der Waals surface area contributed by atoms with Crippen molar-refractivity contribution in [2.45, 2.75) is 26.4 Å². The van der Waals surface area contributed by atoms with Gasteiger partial charge in [0.15, 0.2) is 0 Å². The van der Waals surface area contributed by atoms with Crippen LogP contribution >= 0.6 is 0 Å². The number of hydrogen-bond donors (Lipinski definition) is 2. The second kappa shape index (κ2) is 7.09. The molecule has 1 unspecified atom stereocenters. The summed E-state index contributed by atoms with van der Waals surface area (Å²) in [6.45, 7) is 5.49. The van der Waals surface area contributed by atoms with Gasteiger partial charge in [-0.2, -0.15) is 0 Å². The van der Waals surface area contributed by atoms with Crippen molar-refractivity contribution in [3.8, 4) is 0 Å². The second-order valence-electron chi connectivity index (χ2n) is 3.83. The molecular weight excluding hydrogens is 220 g/mol. The molecule has 0 radical (unpaired) electrons. The summed E-state index contributed by atoms with van der Waals surface area (Å²) in [4.78, 5) is 13.8. The van der Waals surface area contributed by atoms with Crippen molar-refractivity contribution in [1.82, 2.24) is 10.2 Å². The number of likely N-dealkylation sites (N-methyl/N-ethyl adjacent to an activating group) is 1. The van der Waals surface area contributed by atoms with Crippen molar-refractivity contribution >= 4 is 5.91 Å². The van der Waals surface area contributed by atoms with Gasteiger partial charge in [-0.3, -0.25) is 9.69 Å². The first-order valence-electron chi connectivity index (χ1n) is 5.84. The Bertz CT molecular complexity index is 325. The number of hydrogen-bond acceptors (Lipinski definition) is 4. The van der Waals surface area contributed by atoms with Gasteiger partial charge in [-0.05, 0) is 25.6 Å². The highest BCUT2D eigenvalue weighted by atomic mass is 16.3. The normalized spacial score (nSPS) is 12.7. The van der Waals surface area contributed by atoms with Crippen LogP contribution in [-0.2, 0) is 11.3 Å². The van der Waals surface area contributed by atoms with Crippen molar-refractivity contribution in [3.63, 3.8) is 0 Å². The standard InChI is InChI=1S/C12H20N2O3/c1-3-14(6-7-15)10(2)12(16)13-9-11-5-4-8-17-11/h4-5,8,10,15H,3,6-7,9H2,1-2H3,(H,13,16). The monoisotopic (exact) mass is 240 g/mol. The lowest BCUT2D eigenvalue weighted by Crippen LogP contribution is -2.45. The maximum Gasteiger partial charge on any atom is 0.237 e. The molecule has 0 saturated heterocycles. The number of nitrogens with one attached hydrogen (secondary N) is 1. The largest absolute Gasteiger partial charge is 0.467 e. The lowest BCUT2D eigenvalue weighted by atomic mass is 10.2. The molecule has 0 fully saturated rings. The van der Waals surface area contributed by atoms with Crippen molar-refractivity contribution in [2.24, 2.45) is 0 Å². The Kier molecular flexibility index (Phi) is 5.72. The minimum absolute atomic E-state index is 0.0586. The highest BCUT2D eigenvalue weighted by molar-refractivity contribution is 5.81. The van der Waals surface area contributed by atoms with E-state index in [0.29, 0.717) is 13.1 Å². The van der Waals surface area contributed by atoms with Gasteiger partial charge in [-0.15, -0.1) is 0 Å². The molecule has 1 aromatic rings. The first kappa shape index (κ1) is 13.7. The Morgan fingerprint density at radius 1 is 1.65 bits per heavy atom. The van der Waals surface area contributed by atoms with Gasteiger partial charge in [0.2, 0.25) is 5.91 Å². The molecule has 17 heavy (non-hydrogen) atoms. The van der Waals surface area contributed by atoms with Gasteiger partial charge in [-0.1, -0.05) is 6.92 Å². The van der Waals surface area contributed by atoms with E-state index in [1.165, 1.54) is 0 Å². The van der Waals surface area contributed by atoms with Crippen LogP contribution in [0.5, 0.6) is 0 Å². The lowest BCUT2D eigenvalue weighted by molar-refractivity contribution is -0.126. The summed E-state index contributed by atoms with van der Waals surface area (Å²) in [5, 5.41) is 11.7. The number of carbonyl (C=O) groups excluding carboxylic acids is 1. The summed E-state index contributed by atoms with van der Waals surface area (Å²) in [7, 11) is 0. The quantitative estimate of drug-likeness (QED) is 0.732. The Labute approximate surface area is 101 Å². The first-order valence-corrected chi connectivity index (χ1v) is 5.84. The third kappa shape index (κ3) is 4.20. The van der Waals surface area contributed by atoms with Crippen LogP contribution in [0.25, 0.3) is 0 Å². The average molecular weight is 240 g/mol. The smallest absolute Gasteiger partial charge is 0.237 e. The third-order valence-electron chi connectivity index (χ3n) is 2.74. The molecular formula is C12H20N2O3. The van der Waals surface area contributed by atoms with Crippen molar-refractivity contribution < 1.29 is 14.3 Å². The van der Waals surface area contributed by atoms with Gasteiger partial charge in [-0.25, -0.2) is 0 Å². The maximum atomic E-state index is 11.8. The molecule has 0 bridgehead atoms. The first-order chi connectivity index (χ1) is 8.19. The molecule has 5 nitrogen and oxygen atoms in total. The van der Waals surface area contributed by atoms with Crippen molar-refractivity contribution in [1.29, 1.82) is 0 Å². The van der Waals surface area contributed by atoms with Crippen LogP contribution < -0.4 is 5.32 Å². The van der Waals surface area contributed by atoms with E-state index in [0.717, 1.165) is 12.3 Å². The zero-order valence-electron chi connectivity index (χ0n) is 10.3. The van der Waals surface area contributed by atoms with Gasteiger partial charge in [0.1, 0.15) is 5.76 Å². The zero-order valence-corrected chi connectivity index (χ0v) is 10.3. The van der Waals surface area contributed by atoms with Crippen LogP contribution in [0.15, 0.2) is 22.8 Å². The molecule has 0 aliphatic heterocycles. The van der Waals surface area contributed by atoms with E-state index in [9.17, 15) is 4.79 Å². The Morgan fingerprint density at radius 2 is 2.41 bits per heavy atom. The summed E-state index contributed by atoms with van der Waals surface area (Å²) in [6.07, 6.45) is 1.58. The third-order valence-corrected chi connectivity index (χ3v) is 2.74. The highest BCUT2D eigenvalue weighted by Gasteiger charge is 2.19. The molecule has 0 aliphatic rings. The minimum Gasteiger partial charge on any atom is -0.467 e. The fourth-order valence-corrected chi connectivity index (χ4v) is 1.65. The van der Waals surface area contributed by atoms with Gasteiger partial charge in [0.05, 0.1) is 25.5 Å². The van der Waals surface area contributed by atoms with Crippen LogP contribution in [0, 0.1) is 0 Å². The van der Waals surface area contributed by atoms with Crippen LogP contribution in [0.1, 0.15) is 19.6 Å². The number of furan rings is 1. The summed E-state index contributed by atoms with van der Waals surface area (Å²) in [6, 6.07) is 3.35. The Balaban J connectivity index is 2.40. The molecule has 1 aromatic heterocycles. The van der Waals surface area contributed by atoms with E-state index < -0.39 is 0 Å². The van der Waals surface area contributed by atoms with Crippen LogP contribution in [-0.4, -0.2) is 41.7 Å². The average Bonchev–Trinajstić information content (AvgIpc) is 2.85. The van der Waals surface area contributed by atoms with Crippen LogP contribution in [0.3, 0.4) is 0 Å². The lowest BCUT2D eigenvalue weighted by Gasteiger charge is -2.25. The molecule has 5 heteroatoms. The SMILES string of the molecule is CCN(CCO)C(C)C(=O)NCc1ccco1. The number of aliphatic hydroxyl groups is 1. The predicted molar refractivity (Wildman–Crippen MR) is 64.3 cm³/mol. The Morgan fingerprint density at radius 3 is 2.94 bits per heavy atom. The molecule has 1 amide bonds. The van der Waals surface area contributed by atoms with E-state index in [1.807, 2.05) is 24.8 Å². The molecule has 2 N–H and O–H groups in total. The van der Waals surface area contributed by atoms with E-state index in [-0.39, 0.29) is 18.6 Å². The molecule has 96 valence electrons. The van der Waals surface area contributed by atoms with Crippen molar-refractivity contribution in [2.75, 3.05) is 19.7 Å². The number of nitrogens with zero attached hydrogens (tertiary/aromatic N) is 1. The Hall–Kier alpha value is -1.33. The predicted octanol–water partition coefficient (Wildman–Crippen LogP) is 0.598. The number of aliphatic hydroxyl groups excluding tert-OH is 1. The van der Waals surface area contributed by atoms with Gasteiger partial charge in [0, 0.05) is 6.54 Å². The molecule has 0 saturated carbocycles. The second-order valence-corrected chi connectivity index (χ2v) is 3.83. The minimum atomic E-state index is -0.248. The number of carbonyl (C=O) groups is 1. The summed E-state index contributed by atoms with van der Waals surface area (Å²) in [5.74, 6) is 0.674. The summed E-state index contributed by atoms with van der Waals surface area (Å²) >= 11 is 0. The summed E-state index contributed by atoms with van der Waals surface area (Å²) < 4.78 is 5.13. The molecule has 0 aliphatic carbocycles. The van der Waals surface area contributed by atoms with E-state index >= 15 is 0 Å². The van der Waals surface area contributed by atoms with Crippen LogP contribution in [0.2, 0.25) is 0 Å². The highest BCUT2D eigenvalue weighted by Crippen LogP contribution is 2.01. The van der Waals surface area contributed by atoms with E-state index in [4.69, 9.17) is 9.52 Å². The zero-order chi connectivity index (χ0) is 12.7. The fraction of sp³-hybridized carbons (Fsp3) is 0.583. The van der Waals surface area contributed by atoms with Gasteiger partial charge in [0.25, 0.3) is 0 Å². The molecule has 1 atom stereocenters. The molecule has 1 rings (SSSR count). The number of rotatable bonds is 7. The maximum absolute atomic E-state index is 11.8.